The Labute approximate surface area is 157 Å². The lowest BCUT2D eigenvalue weighted by molar-refractivity contribution is 0.407. The lowest BCUT2D eigenvalue weighted by Crippen LogP contribution is -2.54. The first kappa shape index (κ1) is 18.0. The Kier molecular flexibility index (Phi) is 4.04. The van der Waals surface area contributed by atoms with E-state index in [1.54, 1.807) is 6.07 Å². The molecule has 1 saturated heterocycles. The zero-order valence-corrected chi connectivity index (χ0v) is 15.5. The van der Waals surface area contributed by atoms with Gasteiger partial charge in [0, 0.05) is 31.0 Å². The summed E-state index contributed by atoms with van der Waals surface area (Å²) in [5, 5.41) is 9.36. The van der Waals surface area contributed by atoms with Crippen molar-refractivity contribution in [1.82, 2.24) is 4.98 Å². The number of oxazole rings is 1. The summed E-state index contributed by atoms with van der Waals surface area (Å²) in [5.74, 6) is -3.43. The van der Waals surface area contributed by atoms with Crippen LogP contribution < -0.4 is 4.90 Å². The van der Waals surface area contributed by atoms with E-state index in [1.165, 1.54) is 12.3 Å². The predicted octanol–water partition coefficient (Wildman–Crippen LogP) is 3.37. The molecule has 1 N–H and O–H groups in total. The van der Waals surface area contributed by atoms with Gasteiger partial charge in [0.25, 0.3) is 0 Å². The molecule has 0 amide bonds. The fraction of sp³-hybridized carbons (Fsp3) is 0.235. The fourth-order valence-corrected chi connectivity index (χ4v) is 4.08. The summed E-state index contributed by atoms with van der Waals surface area (Å²) in [6.45, 7) is 0.650. The van der Waals surface area contributed by atoms with Crippen LogP contribution in [0.5, 0.6) is 5.75 Å². The molecular weight excluding hydrogens is 402 g/mol. The van der Waals surface area contributed by atoms with E-state index in [0.29, 0.717) is 34.9 Å². The molecule has 142 valence electrons. The van der Waals surface area contributed by atoms with E-state index in [2.05, 4.69) is 4.98 Å². The average molecular weight is 415 g/mol. The minimum absolute atomic E-state index is 0.00922. The van der Waals surface area contributed by atoms with Crippen LogP contribution in [0, 0.1) is 11.6 Å². The molecule has 4 rings (SSSR count). The molecular formula is C17H13ClF2N2O4S. The third-order valence-electron chi connectivity index (χ3n) is 4.51. The van der Waals surface area contributed by atoms with Crippen LogP contribution in [-0.2, 0) is 9.84 Å². The minimum atomic E-state index is -3.11. The van der Waals surface area contributed by atoms with Crippen molar-refractivity contribution in [3.63, 3.8) is 0 Å². The van der Waals surface area contributed by atoms with Gasteiger partial charge in [-0.05, 0) is 18.2 Å². The summed E-state index contributed by atoms with van der Waals surface area (Å²) >= 11 is 6.27. The molecule has 0 bridgehead atoms. The number of aromatic nitrogens is 1. The van der Waals surface area contributed by atoms with Gasteiger partial charge in [0.2, 0.25) is 5.89 Å². The van der Waals surface area contributed by atoms with Crippen LogP contribution in [0.1, 0.15) is 0 Å². The van der Waals surface area contributed by atoms with Gasteiger partial charge in [0.05, 0.1) is 16.0 Å². The molecule has 0 aliphatic carbocycles. The molecule has 0 saturated carbocycles. The van der Waals surface area contributed by atoms with Crippen LogP contribution in [0.25, 0.3) is 22.6 Å². The summed E-state index contributed by atoms with van der Waals surface area (Å²) in [7, 11) is -3.11. The van der Waals surface area contributed by atoms with Crippen molar-refractivity contribution in [3.05, 3.63) is 40.9 Å². The summed E-state index contributed by atoms with van der Waals surface area (Å²) in [5.41, 5.74) is 1.41. The van der Waals surface area contributed by atoms with Gasteiger partial charge in [0.15, 0.2) is 32.8 Å². The van der Waals surface area contributed by atoms with E-state index in [1.807, 2.05) is 4.90 Å². The van der Waals surface area contributed by atoms with Crippen LogP contribution >= 0.6 is 11.6 Å². The normalized spacial score (nSPS) is 15.3. The molecule has 0 radical (unpaired) electrons. The molecule has 10 heteroatoms. The van der Waals surface area contributed by atoms with Gasteiger partial charge in [-0.1, -0.05) is 11.6 Å². The van der Waals surface area contributed by atoms with Crippen molar-refractivity contribution in [2.75, 3.05) is 24.2 Å². The van der Waals surface area contributed by atoms with E-state index in [9.17, 15) is 22.3 Å². The van der Waals surface area contributed by atoms with E-state index >= 15 is 0 Å². The van der Waals surface area contributed by atoms with Crippen LogP contribution in [-0.4, -0.2) is 43.1 Å². The second-order valence-electron chi connectivity index (χ2n) is 6.44. The highest BCUT2D eigenvalue weighted by Crippen LogP contribution is 2.37. The molecule has 3 aromatic rings. The first-order chi connectivity index (χ1) is 12.6. The minimum Gasteiger partial charge on any atom is -0.505 e. The number of fused-ring (bicyclic) bond motifs is 1. The van der Waals surface area contributed by atoms with Gasteiger partial charge in [-0.15, -0.1) is 0 Å². The number of aromatic hydroxyl groups is 1. The first-order valence-corrected chi connectivity index (χ1v) is 10.2. The molecule has 1 fully saturated rings. The molecule has 2 heterocycles. The Balaban J connectivity index is 1.70. The van der Waals surface area contributed by atoms with Gasteiger partial charge in [-0.2, -0.15) is 4.39 Å². The SMILES string of the molecule is CS(=O)(=O)C1CN(c2cc3nc(-c4cc(O)c(F)c(F)c4)oc3cc2Cl)C1. The van der Waals surface area contributed by atoms with Gasteiger partial charge in [-0.25, -0.2) is 17.8 Å². The number of hydrogen-bond acceptors (Lipinski definition) is 6. The Morgan fingerprint density at radius 3 is 2.59 bits per heavy atom. The third kappa shape index (κ3) is 3.10. The first-order valence-electron chi connectivity index (χ1n) is 7.86. The van der Waals surface area contributed by atoms with E-state index in [-0.39, 0.29) is 11.5 Å². The number of phenols is 1. The summed E-state index contributed by atoms with van der Waals surface area (Å²) in [4.78, 5) is 6.05. The Bertz CT molecular complexity index is 1150. The number of hydrogen-bond donors (Lipinski definition) is 1. The number of anilines is 1. The second-order valence-corrected chi connectivity index (χ2v) is 9.17. The molecule has 0 atom stereocenters. The van der Waals surface area contributed by atoms with E-state index < -0.39 is 32.5 Å². The van der Waals surface area contributed by atoms with E-state index in [0.717, 1.165) is 12.1 Å². The number of sulfone groups is 1. The Morgan fingerprint density at radius 1 is 1.26 bits per heavy atom. The van der Waals surface area contributed by atoms with Crippen molar-refractivity contribution in [2.45, 2.75) is 5.25 Å². The van der Waals surface area contributed by atoms with Crippen LogP contribution in [0.15, 0.2) is 28.7 Å². The zero-order chi connectivity index (χ0) is 19.5. The van der Waals surface area contributed by atoms with Gasteiger partial charge in [-0.3, -0.25) is 0 Å². The highest BCUT2D eigenvalue weighted by atomic mass is 35.5. The number of rotatable bonds is 3. The summed E-state index contributed by atoms with van der Waals surface area (Å²) in [6.07, 6.45) is 1.20. The van der Waals surface area contributed by atoms with Crippen LogP contribution in [0.2, 0.25) is 5.02 Å². The van der Waals surface area contributed by atoms with Gasteiger partial charge in [0.1, 0.15) is 5.52 Å². The number of benzene rings is 2. The second kappa shape index (κ2) is 6.07. The van der Waals surface area contributed by atoms with Crippen molar-refractivity contribution >= 4 is 38.2 Å². The largest absolute Gasteiger partial charge is 0.505 e. The van der Waals surface area contributed by atoms with Gasteiger partial charge < -0.3 is 14.4 Å². The maximum Gasteiger partial charge on any atom is 0.227 e. The molecule has 6 nitrogen and oxygen atoms in total. The van der Waals surface area contributed by atoms with E-state index in [4.69, 9.17) is 16.0 Å². The highest BCUT2D eigenvalue weighted by Gasteiger charge is 2.35. The Hall–Kier alpha value is -2.39. The van der Waals surface area contributed by atoms with Crippen molar-refractivity contribution in [3.8, 4) is 17.2 Å². The monoisotopic (exact) mass is 414 g/mol. The topological polar surface area (TPSA) is 83.6 Å². The smallest absolute Gasteiger partial charge is 0.227 e. The van der Waals surface area contributed by atoms with Crippen molar-refractivity contribution in [1.29, 1.82) is 0 Å². The molecule has 27 heavy (non-hydrogen) atoms. The molecule has 0 spiro atoms. The number of halogens is 3. The number of nitrogens with zero attached hydrogens (tertiary/aromatic N) is 2. The summed E-state index contributed by atoms with van der Waals surface area (Å²) < 4.78 is 55.4. The fourth-order valence-electron chi connectivity index (χ4n) is 2.91. The zero-order valence-electron chi connectivity index (χ0n) is 13.9. The van der Waals surface area contributed by atoms with Crippen LogP contribution in [0.4, 0.5) is 14.5 Å². The number of phenolic OH excluding ortho intramolecular Hbond substituents is 1. The lowest BCUT2D eigenvalue weighted by Gasteiger charge is -2.40. The predicted molar refractivity (Wildman–Crippen MR) is 96.9 cm³/mol. The molecule has 1 aliphatic heterocycles. The lowest BCUT2D eigenvalue weighted by atomic mass is 10.1. The molecule has 1 aromatic heterocycles. The maximum absolute atomic E-state index is 13.5. The molecule has 2 aromatic carbocycles. The van der Waals surface area contributed by atoms with Crippen molar-refractivity contribution in [2.24, 2.45) is 0 Å². The standard InChI is InChI=1S/C17H13ClF2N2O4S/c1-27(24,25)9-6-22(7-9)13-5-12-15(4-10(13)18)26-17(21-12)8-2-11(19)16(20)14(23)3-8/h2-5,9,23H,6-7H2,1H3. The Morgan fingerprint density at radius 2 is 1.96 bits per heavy atom. The third-order valence-corrected chi connectivity index (χ3v) is 6.32. The average Bonchev–Trinajstić information content (AvgIpc) is 2.92. The van der Waals surface area contributed by atoms with Crippen molar-refractivity contribution < 1.29 is 26.7 Å². The summed E-state index contributed by atoms with van der Waals surface area (Å²) in [6, 6.07) is 5.05. The van der Waals surface area contributed by atoms with Gasteiger partial charge >= 0.3 is 0 Å². The quantitative estimate of drug-likeness (QED) is 0.707. The molecule has 1 aliphatic rings. The highest BCUT2D eigenvalue weighted by molar-refractivity contribution is 7.91. The van der Waals surface area contributed by atoms with Crippen LogP contribution in [0.3, 0.4) is 0 Å². The maximum atomic E-state index is 13.5. The molecule has 0 unspecified atom stereocenters.